The third-order valence-electron chi connectivity index (χ3n) is 3.03. The Morgan fingerprint density at radius 2 is 1.81 bits per heavy atom. The summed E-state index contributed by atoms with van der Waals surface area (Å²) >= 11 is 0. The molecule has 1 unspecified atom stereocenters. The molecule has 1 N–H and O–H groups in total. The second-order valence-electron chi connectivity index (χ2n) is 5.28. The van der Waals surface area contributed by atoms with Crippen molar-refractivity contribution in [2.24, 2.45) is 5.92 Å². The lowest BCUT2D eigenvalue weighted by molar-refractivity contribution is -0.143. The van der Waals surface area contributed by atoms with E-state index in [1.165, 1.54) is 19.2 Å². The van der Waals surface area contributed by atoms with Crippen LogP contribution < -0.4 is 5.32 Å². The van der Waals surface area contributed by atoms with E-state index in [-0.39, 0.29) is 5.97 Å². The first-order valence-corrected chi connectivity index (χ1v) is 6.71. The molecular weight excluding hydrogens is 283 g/mol. The van der Waals surface area contributed by atoms with Crippen molar-refractivity contribution in [1.29, 1.82) is 0 Å². The summed E-state index contributed by atoms with van der Waals surface area (Å²) in [5, 5.41) is 3.02. The van der Waals surface area contributed by atoms with Crippen LogP contribution in [0.3, 0.4) is 0 Å². The summed E-state index contributed by atoms with van der Waals surface area (Å²) in [7, 11) is 1.31. The Bertz CT molecular complexity index is 455. The second kappa shape index (κ2) is 7.45. The molecule has 6 heteroatoms. The number of carbonyl (C=O) groups excluding carboxylic acids is 1. The number of alkyl halides is 3. The largest absolute Gasteiger partial charge is 0.468 e. The molecule has 0 aliphatic heterocycles. The maximum atomic E-state index is 12.5. The van der Waals surface area contributed by atoms with E-state index in [4.69, 9.17) is 4.74 Å². The molecule has 1 aromatic rings. The van der Waals surface area contributed by atoms with E-state index >= 15 is 0 Å². The van der Waals surface area contributed by atoms with Crippen LogP contribution in [0.4, 0.5) is 13.2 Å². The van der Waals surface area contributed by atoms with Crippen LogP contribution in [0.5, 0.6) is 0 Å². The van der Waals surface area contributed by atoms with E-state index in [0.29, 0.717) is 24.4 Å². The van der Waals surface area contributed by atoms with E-state index in [1.54, 1.807) is 0 Å². The van der Waals surface area contributed by atoms with Gasteiger partial charge in [0.05, 0.1) is 12.7 Å². The van der Waals surface area contributed by atoms with Gasteiger partial charge >= 0.3 is 12.1 Å². The topological polar surface area (TPSA) is 38.3 Å². The first-order valence-electron chi connectivity index (χ1n) is 6.71. The van der Waals surface area contributed by atoms with E-state index < -0.39 is 17.8 Å². The molecule has 1 rings (SSSR count). The molecule has 1 aromatic carbocycles. The molecule has 0 spiro atoms. The van der Waals surface area contributed by atoms with Crippen molar-refractivity contribution in [3.05, 3.63) is 35.4 Å². The Hall–Kier alpha value is -1.56. The molecule has 21 heavy (non-hydrogen) atoms. The molecule has 3 nitrogen and oxygen atoms in total. The van der Waals surface area contributed by atoms with Crippen molar-refractivity contribution in [2.75, 3.05) is 7.11 Å². The quantitative estimate of drug-likeness (QED) is 0.819. The number of esters is 1. The standard InChI is InChI=1S/C15H20F3NO2/c1-10(2)8-13(14(20)21-3)19-9-11-4-6-12(7-5-11)15(16,17)18/h4-7,10,13,19H,8-9H2,1-3H3. The number of hydrogen-bond donors (Lipinski definition) is 1. The summed E-state index contributed by atoms with van der Waals surface area (Å²) in [6, 6.07) is 4.41. The minimum Gasteiger partial charge on any atom is -0.468 e. The Morgan fingerprint density at radius 3 is 2.24 bits per heavy atom. The molecule has 1 atom stereocenters. The molecule has 0 aliphatic carbocycles. The van der Waals surface area contributed by atoms with Gasteiger partial charge in [0.25, 0.3) is 0 Å². The summed E-state index contributed by atoms with van der Waals surface area (Å²) in [6.07, 6.45) is -3.73. The van der Waals surface area contributed by atoms with Gasteiger partial charge in [-0.3, -0.25) is 4.79 Å². The summed E-state index contributed by atoms with van der Waals surface area (Å²) in [6.45, 7) is 4.27. The van der Waals surface area contributed by atoms with Crippen LogP contribution in [0.15, 0.2) is 24.3 Å². The predicted molar refractivity (Wildman–Crippen MR) is 73.5 cm³/mol. The van der Waals surface area contributed by atoms with E-state index in [0.717, 1.165) is 12.1 Å². The van der Waals surface area contributed by atoms with Crippen LogP contribution in [-0.2, 0) is 22.3 Å². The Labute approximate surface area is 122 Å². The SMILES string of the molecule is COC(=O)C(CC(C)C)NCc1ccc(C(F)(F)F)cc1. The first-order chi connectivity index (χ1) is 9.74. The zero-order valence-corrected chi connectivity index (χ0v) is 12.3. The number of halogens is 3. The number of hydrogen-bond acceptors (Lipinski definition) is 3. The van der Waals surface area contributed by atoms with E-state index in [1.807, 2.05) is 13.8 Å². The maximum Gasteiger partial charge on any atom is 0.416 e. The number of ether oxygens (including phenoxy) is 1. The second-order valence-corrected chi connectivity index (χ2v) is 5.28. The van der Waals surface area contributed by atoms with Gasteiger partial charge in [0.1, 0.15) is 6.04 Å². The van der Waals surface area contributed by atoms with Gasteiger partial charge in [-0.2, -0.15) is 13.2 Å². The van der Waals surface area contributed by atoms with Crippen molar-refractivity contribution in [3.8, 4) is 0 Å². The van der Waals surface area contributed by atoms with E-state index in [9.17, 15) is 18.0 Å². The minimum atomic E-state index is -4.34. The number of benzene rings is 1. The molecule has 0 fully saturated rings. The van der Waals surface area contributed by atoms with Crippen molar-refractivity contribution in [3.63, 3.8) is 0 Å². The highest BCUT2D eigenvalue weighted by molar-refractivity contribution is 5.75. The fourth-order valence-corrected chi connectivity index (χ4v) is 1.93. The van der Waals surface area contributed by atoms with Gasteiger partial charge in [0.15, 0.2) is 0 Å². The molecule has 0 radical (unpaired) electrons. The summed E-state index contributed by atoms with van der Waals surface area (Å²) in [5.74, 6) is -0.0650. The molecular formula is C15H20F3NO2. The zero-order chi connectivity index (χ0) is 16.0. The van der Waals surface area contributed by atoms with Gasteiger partial charge in [-0.25, -0.2) is 0 Å². The fraction of sp³-hybridized carbons (Fsp3) is 0.533. The molecule has 0 aromatic heterocycles. The molecule has 118 valence electrons. The molecule has 0 aliphatic rings. The average Bonchev–Trinajstić information content (AvgIpc) is 2.41. The molecule has 0 amide bonds. The molecule has 0 bridgehead atoms. The van der Waals surface area contributed by atoms with Crippen LogP contribution in [0.2, 0.25) is 0 Å². The summed E-state index contributed by atoms with van der Waals surface area (Å²) in [5.41, 5.74) is -0.00129. The highest BCUT2D eigenvalue weighted by Crippen LogP contribution is 2.29. The van der Waals surface area contributed by atoms with Crippen molar-refractivity contribution < 1.29 is 22.7 Å². The lowest BCUT2D eigenvalue weighted by Crippen LogP contribution is -2.38. The minimum absolute atomic E-state index is 0.300. The third kappa shape index (κ3) is 5.75. The monoisotopic (exact) mass is 303 g/mol. The molecule has 0 saturated heterocycles. The lowest BCUT2D eigenvalue weighted by atomic mass is 10.0. The number of carbonyl (C=O) groups is 1. The number of nitrogens with one attached hydrogen (secondary N) is 1. The van der Waals surface area contributed by atoms with Crippen LogP contribution in [0, 0.1) is 5.92 Å². The van der Waals surface area contributed by atoms with Crippen molar-refractivity contribution >= 4 is 5.97 Å². The van der Waals surface area contributed by atoms with Crippen molar-refractivity contribution in [1.82, 2.24) is 5.32 Å². The van der Waals surface area contributed by atoms with Gasteiger partial charge < -0.3 is 10.1 Å². The Balaban J connectivity index is 2.65. The maximum absolute atomic E-state index is 12.5. The van der Waals surface area contributed by atoms with Gasteiger partial charge in [-0.15, -0.1) is 0 Å². The predicted octanol–water partition coefficient (Wildman–Crippen LogP) is 3.38. The number of rotatable bonds is 6. The third-order valence-corrected chi connectivity index (χ3v) is 3.03. The molecule has 0 heterocycles. The summed E-state index contributed by atoms with van der Waals surface area (Å²) < 4.78 is 42.1. The van der Waals surface area contributed by atoms with E-state index in [2.05, 4.69) is 5.32 Å². The first kappa shape index (κ1) is 17.5. The molecule has 0 saturated carbocycles. The van der Waals surface area contributed by atoms with Crippen LogP contribution in [-0.4, -0.2) is 19.1 Å². The van der Waals surface area contributed by atoms with Crippen LogP contribution in [0.1, 0.15) is 31.4 Å². The number of methoxy groups -OCH3 is 1. The fourth-order valence-electron chi connectivity index (χ4n) is 1.93. The highest BCUT2D eigenvalue weighted by atomic mass is 19.4. The van der Waals surface area contributed by atoms with Crippen LogP contribution in [0.25, 0.3) is 0 Å². The van der Waals surface area contributed by atoms with Gasteiger partial charge in [0.2, 0.25) is 0 Å². The van der Waals surface area contributed by atoms with Crippen LogP contribution >= 0.6 is 0 Å². The Morgan fingerprint density at radius 1 is 1.24 bits per heavy atom. The average molecular weight is 303 g/mol. The normalized spacial score (nSPS) is 13.3. The van der Waals surface area contributed by atoms with Gasteiger partial charge in [0, 0.05) is 6.54 Å². The zero-order valence-electron chi connectivity index (χ0n) is 12.3. The Kier molecular flexibility index (Phi) is 6.20. The smallest absolute Gasteiger partial charge is 0.416 e. The summed E-state index contributed by atoms with van der Waals surface area (Å²) in [4.78, 5) is 11.6. The van der Waals surface area contributed by atoms with Crippen molar-refractivity contribution in [2.45, 2.75) is 39.0 Å². The lowest BCUT2D eigenvalue weighted by Gasteiger charge is -2.18. The van der Waals surface area contributed by atoms with Gasteiger partial charge in [-0.1, -0.05) is 26.0 Å². The highest BCUT2D eigenvalue weighted by Gasteiger charge is 2.30. The van der Waals surface area contributed by atoms with Gasteiger partial charge in [-0.05, 0) is 30.0 Å².